The van der Waals surface area contributed by atoms with Crippen molar-refractivity contribution in [1.29, 1.82) is 0 Å². The van der Waals surface area contributed by atoms with Gasteiger partial charge in [-0.05, 0) is 25.5 Å². The van der Waals surface area contributed by atoms with Gasteiger partial charge in [-0.2, -0.15) is 0 Å². The molecule has 0 radical (unpaired) electrons. The molecule has 0 saturated carbocycles. The lowest BCUT2D eigenvalue weighted by atomic mass is 9.99. The zero-order valence-electron chi connectivity index (χ0n) is 16.2. The first-order chi connectivity index (χ1) is 14.6. The maximum atomic E-state index is 12.6. The summed E-state index contributed by atoms with van der Waals surface area (Å²) in [5.74, 6) is 0.576. The van der Waals surface area contributed by atoms with Gasteiger partial charge < -0.3 is 4.98 Å². The van der Waals surface area contributed by atoms with E-state index in [0.717, 1.165) is 37.8 Å². The summed E-state index contributed by atoms with van der Waals surface area (Å²) >= 11 is 1.37. The van der Waals surface area contributed by atoms with Gasteiger partial charge in [0.05, 0.1) is 11.0 Å². The van der Waals surface area contributed by atoms with Crippen molar-refractivity contribution in [3.63, 3.8) is 0 Å². The molecule has 0 aliphatic carbocycles. The van der Waals surface area contributed by atoms with Crippen LogP contribution in [0.3, 0.4) is 0 Å². The zero-order valence-corrected chi connectivity index (χ0v) is 17.0. The second kappa shape index (κ2) is 6.14. The Kier molecular flexibility index (Phi) is 3.52. The number of benzene rings is 2. The fourth-order valence-electron chi connectivity index (χ4n) is 3.93. The number of nitrogens with zero attached hydrogens (tertiary/aromatic N) is 4. The fourth-order valence-corrected chi connectivity index (χ4v) is 4.95. The number of fused-ring (bicyclic) bond motifs is 6. The molecule has 4 aromatic heterocycles. The van der Waals surface area contributed by atoms with Crippen molar-refractivity contribution in [1.82, 2.24) is 25.1 Å². The predicted octanol–water partition coefficient (Wildman–Crippen LogP) is 4.91. The molecule has 6 nitrogen and oxygen atoms in total. The molecule has 0 spiro atoms. The number of aryl methyl sites for hydroxylation is 2. The number of rotatable bonds is 1. The minimum Gasteiger partial charge on any atom is -0.310 e. The van der Waals surface area contributed by atoms with Crippen LogP contribution in [0.4, 0.5) is 0 Å². The smallest absolute Gasteiger partial charge is 0.268 e. The SMILES string of the molecule is Cc1ccc(-c2c3nnc4ccccc4c3nc3sc4c(=O)[nH]c(C)nc4c23)cc1. The summed E-state index contributed by atoms with van der Waals surface area (Å²) in [6.07, 6.45) is 0. The van der Waals surface area contributed by atoms with Crippen LogP contribution in [0.15, 0.2) is 53.3 Å². The first kappa shape index (κ1) is 17.2. The summed E-state index contributed by atoms with van der Waals surface area (Å²) in [6.45, 7) is 3.85. The van der Waals surface area contributed by atoms with Crippen LogP contribution in [0, 0.1) is 13.8 Å². The molecule has 0 fully saturated rings. The molecule has 144 valence electrons. The van der Waals surface area contributed by atoms with E-state index >= 15 is 0 Å². The number of aromatic amines is 1. The molecule has 0 aliphatic heterocycles. The first-order valence-corrected chi connectivity index (χ1v) is 10.4. The van der Waals surface area contributed by atoms with Crippen molar-refractivity contribution in [3.8, 4) is 11.1 Å². The van der Waals surface area contributed by atoms with Gasteiger partial charge in [0.25, 0.3) is 5.56 Å². The second-order valence-electron chi connectivity index (χ2n) is 7.38. The molecular weight excluding hydrogens is 394 g/mol. The number of nitrogens with one attached hydrogen (secondary N) is 1. The van der Waals surface area contributed by atoms with Crippen LogP contribution >= 0.6 is 11.3 Å². The summed E-state index contributed by atoms with van der Waals surface area (Å²) < 4.78 is 0.573. The summed E-state index contributed by atoms with van der Waals surface area (Å²) in [7, 11) is 0. The first-order valence-electron chi connectivity index (χ1n) is 9.55. The molecule has 0 atom stereocenters. The highest BCUT2D eigenvalue weighted by atomic mass is 32.1. The zero-order chi connectivity index (χ0) is 20.4. The molecule has 0 unspecified atom stereocenters. The van der Waals surface area contributed by atoms with E-state index in [1.54, 1.807) is 6.92 Å². The summed E-state index contributed by atoms with van der Waals surface area (Å²) in [5, 5.41) is 10.8. The van der Waals surface area contributed by atoms with Crippen LogP contribution in [0.2, 0.25) is 0 Å². The summed E-state index contributed by atoms with van der Waals surface area (Å²) in [6, 6.07) is 16.1. The molecule has 2 aromatic carbocycles. The van der Waals surface area contributed by atoms with Gasteiger partial charge in [-0.25, -0.2) is 9.97 Å². The van der Waals surface area contributed by atoms with Crippen LogP contribution in [0.1, 0.15) is 11.4 Å². The Labute approximate surface area is 174 Å². The molecule has 30 heavy (non-hydrogen) atoms. The highest BCUT2D eigenvalue weighted by Gasteiger charge is 2.21. The van der Waals surface area contributed by atoms with Crippen molar-refractivity contribution >= 4 is 53.7 Å². The van der Waals surface area contributed by atoms with Crippen molar-refractivity contribution in [2.24, 2.45) is 0 Å². The van der Waals surface area contributed by atoms with Gasteiger partial charge in [-0.15, -0.1) is 21.5 Å². The monoisotopic (exact) mass is 409 g/mol. The van der Waals surface area contributed by atoms with Gasteiger partial charge in [0.15, 0.2) is 0 Å². The summed E-state index contributed by atoms with van der Waals surface area (Å²) in [4.78, 5) is 25.8. The Morgan fingerprint density at radius 2 is 1.67 bits per heavy atom. The quantitative estimate of drug-likeness (QED) is 0.390. The number of aromatic nitrogens is 5. The molecule has 6 aromatic rings. The Morgan fingerprint density at radius 3 is 2.50 bits per heavy atom. The molecule has 0 saturated heterocycles. The van der Waals surface area contributed by atoms with E-state index in [9.17, 15) is 4.79 Å². The number of hydrogen-bond donors (Lipinski definition) is 1. The fraction of sp³-hybridized carbons (Fsp3) is 0.0870. The molecule has 1 N–H and O–H groups in total. The Hall–Kier alpha value is -3.71. The molecule has 4 heterocycles. The average molecular weight is 409 g/mol. The molecular formula is C23H15N5OS. The van der Waals surface area contributed by atoms with Gasteiger partial charge >= 0.3 is 0 Å². The van der Waals surface area contributed by atoms with Crippen molar-refractivity contribution < 1.29 is 0 Å². The van der Waals surface area contributed by atoms with Gasteiger partial charge in [-0.3, -0.25) is 4.79 Å². The topological polar surface area (TPSA) is 84.4 Å². The number of hydrogen-bond acceptors (Lipinski definition) is 6. The highest BCUT2D eigenvalue weighted by Crippen LogP contribution is 2.41. The minimum absolute atomic E-state index is 0.143. The van der Waals surface area contributed by atoms with Crippen molar-refractivity contribution in [3.05, 3.63) is 70.3 Å². The Balaban J connectivity index is 1.92. The van der Waals surface area contributed by atoms with E-state index in [0.29, 0.717) is 21.6 Å². The van der Waals surface area contributed by atoms with Crippen molar-refractivity contribution in [2.45, 2.75) is 13.8 Å². The lowest BCUT2D eigenvalue weighted by molar-refractivity contribution is 1.07. The normalized spacial score (nSPS) is 11.8. The third-order valence-corrected chi connectivity index (χ3v) is 6.40. The van der Waals surface area contributed by atoms with E-state index in [2.05, 4.69) is 51.4 Å². The second-order valence-corrected chi connectivity index (χ2v) is 8.38. The third-order valence-electron chi connectivity index (χ3n) is 5.33. The largest absolute Gasteiger partial charge is 0.310 e. The van der Waals surface area contributed by atoms with Gasteiger partial charge in [0.2, 0.25) is 0 Å². The van der Waals surface area contributed by atoms with Crippen LogP contribution in [-0.4, -0.2) is 25.1 Å². The lowest BCUT2D eigenvalue weighted by Gasteiger charge is -2.10. The molecule has 7 heteroatoms. The molecule has 6 rings (SSSR count). The van der Waals surface area contributed by atoms with Gasteiger partial charge in [0, 0.05) is 16.3 Å². The lowest BCUT2D eigenvalue weighted by Crippen LogP contribution is -2.07. The van der Waals surface area contributed by atoms with Crippen molar-refractivity contribution in [2.75, 3.05) is 0 Å². The molecule has 0 amide bonds. The van der Waals surface area contributed by atoms with Crippen LogP contribution in [0.5, 0.6) is 0 Å². The molecule has 0 bridgehead atoms. The van der Waals surface area contributed by atoms with Gasteiger partial charge in [0.1, 0.15) is 26.4 Å². The summed E-state index contributed by atoms with van der Waals surface area (Å²) in [5.41, 5.74) is 5.89. The van der Waals surface area contributed by atoms with Gasteiger partial charge in [-0.1, -0.05) is 48.0 Å². The number of thiophene rings is 1. The van der Waals surface area contributed by atoms with Crippen LogP contribution < -0.4 is 5.56 Å². The third kappa shape index (κ3) is 2.39. The maximum absolute atomic E-state index is 12.6. The Bertz CT molecular complexity index is 1680. The van der Waals surface area contributed by atoms with E-state index in [4.69, 9.17) is 4.98 Å². The maximum Gasteiger partial charge on any atom is 0.268 e. The Morgan fingerprint density at radius 1 is 0.867 bits per heavy atom. The molecule has 0 aliphatic rings. The van der Waals surface area contributed by atoms with Crippen LogP contribution in [-0.2, 0) is 0 Å². The van der Waals surface area contributed by atoms with E-state index < -0.39 is 0 Å². The predicted molar refractivity (Wildman–Crippen MR) is 121 cm³/mol. The standard InChI is InChI=1S/C23H15N5OS/c1-11-7-9-13(10-8-11)16-17-20-21(22(29)25-12(2)24-20)30-23(17)26-18-14-5-3-4-6-15(14)27-28-19(16)18/h3-10H,1-2H3,(H,24,25,29). The average Bonchev–Trinajstić information content (AvgIpc) is 3.11. The minimum atomic E-state index is -0.143. The van der Waals surface area contributed by atoms with E-state index in [1.165, 1.54) is 16.9 Å². The highest BCUT2D eigenvalue weighted by molar-refractivity contribution is 7.25. The van der Waals surface area contributed by atoms with E-state index in [1.807, 2.05) is 24.3 Å². The number of pyridine rings is 1. The van der Waals surface area contributed by atoms with Crippen LogP contribution in [0.25, 0.3) is 53.5 Å². The number of H-pyrrole nitrogens is 1. The van der Waals surface area contributed by atoms with E-state index in [-0.39, 0.29) is 5.56 Å².